The molecule has 1 aromatic rings. The molecule has 1 aliphatic rings. The number of hydrogen-bond acceptors (Lipinski definition) is 3. The van der Waals surface area contributed by atoms with Crippen LogP contribution in [-0.2, 0) is 0 Å². The number of rotatable bonds is 2. The SMILES string of the molecule is CSN1CC(C)C(c2cccnc2)C1. The molecule has 1 aliphatic heterocycles. The van der Waals surface area contributed by atoms with Crippen LogP contribution < -0.4 is 0 Å². The van der Waals surface area contributed by atoms with Crippen LogP contribution in [0.5, 0.6) is 0 Å². The first-order chi connectivity index (χ1) is 6.81. The molecule has 0 N–H and O–H groups in total. The second-order valence-corrected chi connectivity index (χ2v) is 4.78. The minimum Gasteiger partial charge on any atom is -0.264 e. The van der Waals surface area contributed by atoms with Crippen molar-refractivity contribution in [3.8, 4) is 0 Å². The Morgan fingerprint density at radius 1 is 1.50 bits per heavy atom. The van der Waals surface area contributed by atoms with Crippen molar-refractivity contribution >= 4 is 11.9 Å². The average Bonchev–Trinajstić information content (AvgIpc) is 2.61. The topological polar surface area (TPSA) is 16.1 Å². The first-order valence-electron chi connectivity index (χ1n) is 5.00. The van der Waals surface area contributed by atoms with Crippen molar-refractivity contribution in [3.63, 3.8) is 0 Å². The Morgan fingerprint density at radius 3 is 2.93 bits per heavy atom. The molecular formula is C11H16N2S. The highest BCUT2D eigenvalue weighted by Gasteiger charge is 2.30. The molecular weight excluding hydrogens is 192 g/mol. The first kappa shape index (κ1) is 9.99. The largest absolute Gasteiger partial charge is 0.264 e. The van der Waals surface area contributed by atoms with Gasteiger partial charge < -0.3 is 0 Å². The van der Waals surface area contributed by atoms with Crippen LogP contribution in [0, 0.1) is 5.92 Å². The smallest absolute Gasteiger partial charge is 0.0303 e. The summed E-state index contributed by atoms with van der Waals surface area (Å²) in [6, 6.07) is 4.22. The number of pyridine rings is 1. The van der Waals surface area contributed by atoms with Gasteiger partial charge in [-0.05, 0) is 23.8 Å². The molecule has 2 heterocycles. The third kappa shape index (κ3) is 1.93. The van der Waals surface area contributed by atoms with Crippen molar-refractivity contribution in [3.05, 3.63) is 30.1 Å². The van der Waals surface area contributed by atoms with Gasteiger partial charge in [-0.2, -0.15) is 0 Å². The van der Waals surface area contributed by atoms with E-state index in [0.717, 1.165) is 12.5 Å². The maximum atomic E-state index is 4.19. The molecule has 0 amide bonds. The number of nitrogens with zero attached hydrogens (tertiary/aromatic N) is 2. The molecule has 0 radical (unpaired) electrons. The minimum absolute atomic E-state index is 0.663. The standard InChI is InChI=1S/C11H16N2S/c1-9-7-13(14-2)8-11(9)10-4-3-5-12-6-10/h3-6,9,11H,7-8H2,1-2H3. The third-order valence-corrected chi connectivity index (χ3v) is 3.76. The van der Waals surface area contributed by atoms with Crippen molar-refractivity contribution in [2.24, 2.45) is 5.92 Å². The number of hydrogen-bond donors (Lipinski definition) is 0. The van der Waals surface area contributed by atoms with Gasteiger partial charge in [0.2, 0.25) is 0 Å². The molecule has 2 unspecified atom stereocenters. The number of aromatic nitrogens is 1. The zero-order chi connectivity index (χ0) is 9.97. The molecule has 76 valence electrons. The summed E-state index contributed by atoms with van der Waals surface area (Å²) in [5, 5.41) is 0. The fourth-order valence-corrected chi connectivity index (χ4v) is 2.79. The minimum atomic E-state index is 0.663. The van der Waals surface area contributed by atoms with Crippen LogP contribution >= 0.6 is 11.9 Å². The summed E-state index contributed by atoms with van der Waals surface area (Å²) in [5.41, 5.74) is 1.39. The van der Waals surface area contributed by atoms with Gasteiger partial charge in [-0.25, -0.2) is 4.31 Å². The van der Waals surface area contributed by atoms with Gasteiger partial charge >= 0.3 is 0 Å². The van der Waals surface area contributed by atoms with Crippen LogP contribution in [0.1, 0.15) is 18.4 Å². The summed E-state index contributed by atoms with van der Waals surface area (Å²) < 4.78 is 2.43. The molecule has 1 saturated heterocycles. The maximum Gasteiger partial charge on any atom is 0.0303 e. The lowest BCUT2D eigenvalue weighted by molar-refractivity contribution is 0.545. The van der Waals surface area contributed by atoms with E-state index < -0.39 is 0 Å². The molecule has 0 aromatic carbocycles. The summed E-state index contributed by atoms with van der Waals surface area (Å²) in [5.74, 6) is 1.41. The quantitative estimate of drug-likeness (QED) is 0.694. The van der Waals surface area contributed by atoms with E-state index in [1.165, 1.54) is 12.1 Å². The summed E-state index contributed by atoms with van der Waals surface area (Å²) in [7, 11) is 0. The predicted molar refractivity (Wildman–Crippen MR) is 61.2 cm³/mol. The summed E-state index contributed by atoms with van der Waals surface area (Å²) in [6.07, 6.45) is 6.00. The predicted octanol–water partition coefficient (Wildman–Crippen LogP) is 2.39. The Bertz CT molecular complexity index is 289. The highest BCUT2D eigenvalue weighted by atomic mass is 32.2. The Hall–Kier alpha value is -0.540. The summed E-state index contributed by atoms with van der Waals surface area (Å²) in [6.45, 7) is 4.68. The third-order valence-electron chi connectivity index (χ3n) is 2.95. The lowest BCUT2D eigenvalue weighted by Crippen LogP contribution is -2.10. The van der Waals surface area contributed by atoms with Gasteiger partial charge in [0.05, 0.1) is 0 Å². The van der Waals surface area contributed by atoms with Crippen LogP contribution in [0.4, 0.5) is 0 Å². The van der Waals surface area contributed by atoms with Gasteiger partial charge in [0.1, 0.15) is 0 Å². The molecule has 0 saturated carbocycles. The van der Waals surface area contributed by atoms with Crippen LogP contribution in [0.2, 0.25) is 0 Å². The van der Waals surface area contributed by atoms with Gasteiger partial charge in [-0.3, -0.25) is 4.98 Å². The van der Waals surface area contributed by atoms with E-state index in [1.807, 2.05) is 30.4 Å². The lowest BCUT2D eigenvalue weighted by atomic mass is 9.92. The summed E-state index contributed by atoms with van der Waals surface area (Å²) in [4.78, 5) is 4.19. The second kappa shape index (κ2) is 4.32. The van der Waals surface area contributed by atoms with Crippen molar-refractivity contribution in [1.29, 1.82) is 0 Å². The Kier molecular flexibility index (Phi) is 3.08. The molecule has 14 heavy (non-hydrogen) atoms. The first-order valence-corrected chi connectivity index (χ1v) is 6.18. The summed E-state index contributed by atoms with van der Waals surface area (Å²) >= 11 is 1.85. The van der Waals surface area contributed by atoms with E-state index in [9.17, 15) is 0 Å². The highest BCUT2D eigenvalue weighted by molar-refractivity contribution is 7.96. The molecule has 1 fully saturated rings. The fourth-order valence-electron chi connectivity index (χ4n) is 2.10. The van der Waals surface area contributed by atoms with Crippen LogP contribution in [0.15, 0.2) is 24.5 Å². The van der Waals surface area contributed by atoms with Gasteiger partial charge in [-0.15, -0.1) is 0 Å². The normalized spacial score (nSPS) is 28.1. The van der Waals surface area contributed by atoms with Gasteiger partial charge in [0.15, 0.2) is 0 Å². The average molecular weight is 208 g/mol. The molecule has 1 aromatic heterocycles. The maximum absolute atomic E-state index is 4.19. The molecule has 0 aliphatic carbocycles. The Labute approximate surface area is 89.9 Å². The van der Waals surface area contributed by atoms with Crippen molar-refractivity contribution < 1.29 is 0 Å². The molecule has 2 nitrogen and oxygen atoms in total. The van der Waals surface area contributed by atoms with E-state index in [2.05, 4.69) is 28.5 Å². The zero-order valence-corrected chi connectivity index (χ0v) is 9.50. The van der Waals surface area contributed by atoms with Crippen LogP contribution in [0.25, 0.3) is 0 Å². The van der Waals surface area contributed by atoms with Crippen molar-refractivity contribution in [1.82, 2.24) is 9.29 Å². The van der Waals surface area contributed by atoms with Gasteiger partial charge in [0, 0.05) is 31.4 Å². The van der Waals surface area contributed by atoms with E-state index in [1.54, 1.807) is 0 Å². The fraction of sp³-hybridized carbons (Fsp3) is 0.545. The zero-order valence-electron chi connectivity index (χ0n) is 8.68. The Morgan fingerprint density at radius 2 is 2.36 bits per heavy atom. The van der Waals surface area contributed by atoms with E-state index in [0.29, 0.717) is 5.92 Å². The Balaban J connectivity index is 2.13. The van der Waals surface area contributed by atoms with Crippen LogP contribution in [0.3, 0.4) is 0 Å². The van der Waals surface area contributed by atoms with E-state index >= 15 is 0 Å². The monoisotopic (exact) mass is 208 g/mol. The highest BCUT2D eigenvalue weighted by Crippen LogP contribution is 2.34. The van der Waals surface area contributed by atoms with Crippen molar-refractivity contribution in [2.45, 2.75) is 12.8 Å². The van der Waals surface area contributed by atoms with E-state index in [-0.39, 0.29) is 0 Å². The molecule has 2 atom stereocenters. The molecule has 0 bridgehead atoms. The molecule has 3 heteroatoms. The lowest BCUT2D eigenvalue weighted by Gasteiger charge is -2.13. The molecule has 2 rings (SSSR count). The second-order valence-electron chi connectivity index (χ2n) is 3.90. The van der Waals surface area contributed by atoms with Crippen molar-refractivity contribution in [2.75, 3.05) is 19.3 Å². The van der Waals surface area contributed by atoms with E-state index in [4.69, 9.17) is 0 Å². The van der Waals surface area contributed by atoms with Crippen LogP contribution in [-0.4, -0.2) is 28.6 Å². The molecule has 0 spiro atoms. The van der Waals surface area contributed by atoms with Gasteiger partial charge in [0.25, 0.3) is 0 Å². The van der Waals surface area contributed by atoms with Gasteiger partial charge in [-0.1, -0.05) is 24.9 Å².